The number of thiophene rings is 1. The molecule has 3 aromatic rings. The molecule has 4 rings (SSSR count). The second-order valence-corrected chi connectivity index (χ2v) is 11.1. The Balaban J connectivity index is 1.77. The van der Waals surface area contributed by atoms with Crippen LogP contribution in [0.15, 0.2) is 12.1 Å². The van der Waals surface area contributed by atoms with Gasteiger partial charge in [0.05, 0.1) is 5.25 Å². The highest BCUT2D eigenvalue weighted by Gasteiger charge is 2.25. The lowest BCUT2D eigenvalue weighted by molar-refractivity contribution is -0.673. The minimum atomic E-state index is -3.97. The van der Waals surface area contributed by atoms with Gasteiger partial charge in [-0.15, -0.1) is 11.3 Å². The van der Waals surface area contributed by atoms with Crippen LogP contribution in [0.5, 0.6) is 0 Å². The van der Waals surface area contributed by atoms with Gasteiger partial charge < -0.3 is 0 Å². The molecule has 0 saturated heterocycles. The highest BCUT2D eigenvalue weighted by atomic mass is 32.2. The summed E-state index contributed by atoms with van der Waals surface area (Å²) in [5.41, 5.74) is 2.71. The van der Waals surface area contributed by atoms with Crippen molar-refractivity contribution in [3.8, 4) is 0 Å². The lowest BCUT2D eigenvalue weighted by Crippen LogP contribution is -2.37. The SMILES string of the molecule is Cc1sc2cc3sc4c(c3cc2[n+]1CCC(C)S(=O)(=O)O)CCCC4. The van der Waals surface area contributed by atoms with E-state index in [1.807, 2.05) is 11.3 Å². The number of hydrogen-bond donors (Lipinski definition) is 1. The highest BCUT2D eigenvalue weighted by molar-refractivity contribution is 7.86. The van der Waals surface area contributed by atoms with Crippen LogP contribution in [0.4, 0.5) is 0 Å². The maximum absolute atomic E-state index is 11.3. The number of fused-ring (bicyclic) bond motifs is 4. The fraction of sp³-hybridized carbons (Fsp3) is 0.500. The van der Waals surface area contributed by atoms with Gasteiger partial charge in [0.2, 0.25) is 10.5 Å². The maximum Gasteiger partial charge on any atom is 0.267 e. The van der Waals surface area contributed by atoms with Crippen LogP contribution in [-0.4, -0.2) is 18.2 Å². The lowest BCUT2D eigenvalue weighted by Gasteiger charge is -2.10. The molecule has 0 bridgehead atoms. The van der Waals surface area contributed by atoms with Crippen molar-refractivity contribution in [2.24, 2.45) is 0 Å². The van der Waals surface area contributed by atoms with Gasteiger partial charge in [-0.05, 0) is 44.2 Å². The van der Waals surface area contributed by atoms with Crippen molar-refractivity contribution in [2.75, 3.05) is 0 Å². The molecule has 1 unspecified atom stereocenters. The van der Waals surface area contributed by atoms with E-state index in [9.17, 15) is 13.0 Å². The van der Waals surface area contributed by atoms with E-state index in [1.165, 1.54) is 56.6 Å². The zero-order valence-electron chi connectivity index (χ0n) is 14.4. The van der Waals surface area contributed by atoms with E-state index in [0.717, 1.165) is 0 Å². The molecule has 1 aliphatic carbocycles. The van der Waals surface area contributed by atoms with E-state index < -0.39 is 15.4 Å². The molecule has 2 heterocycles. The van der Waals surface area contributed by atoms with E-state index in [2.05, 4.69) is 23.6 Å². The number of rotatable bonds is 4. The molecule has 0 radical (unpaired) electrons. The molecule has 7 heteroatoms. The first-order chi connectivity index (χ1) is 11.8. The Bertz CT molecular complexity index is 1060. The summed E-state index contributed by atoms with van der Waals surface area (Å²) in [5.74, 6) is 0. The van der Waals surface area contributed by atoms with Gasteiger partial charge in [-0.2, -0.15) is 13.0 Å². The molecule has 1 N–H and O–H groups in total. The number of hydrogen-bond acceptors (Lipinski definition) is 4. The molecule has 0 amide bonds. The first-order valence-electron chi connectivity index (χ1n) is 8.68. The van der Waals surface area contributed by atoms with Gasteiger partial charge in [0.1, 0.15) is 4.70 Å². The average Bonchev–Trinajstić information content (AvgIpc) is 3.05. The van der Waals surface area contributed by atoms with Gasteiger partial charge in [-0.1, -0.05) is 11.3 Å². The molecule has 0 aliphatic heterocycles. The van der Waals surface area contributed by atoms with Crippen LogP contribution in [0.1, 0.15) is 41.6 Å². The van der Waals surface area contributed by atoms with Crippen LogP contribution < -0.4 is 4.57 Å². The molecule has 2 aromatic heterocycles. The summed E-state index contributed by atoms with van der Waals surface area (Å²) in [6.45, 7) is 4.24. The molecule has 0 spiro atoms. The second-order valence-electron chi connectivity index (χ2n) is 6.91. The molecule has 1 aromatic carbocycles. The molecular weight excluding hydrogens is 374 g/mol. The zero-order chi connectivity index (χ0) is 17.8. The number of benzene rings is 1. The normalized spacial score (nSPS) is 16.4. The summed E-state index contributed by atoms with van der Waals surface area (Å²) in [4.78, 5) is 1.54. The van der Waals surface area contributed by atoms with E-state index in [4.69, 9.17) is 0 Å². The summed E-state index contributed by atoms with van der Waals surface area (Å²) >= 11 is 3.69. The molecule has 25 heavy (non-hydrogen) atoms. The first kappa shape index (κ1) is 17.4. The molecule has 1 atom stereocenters. The van der Waals surface area contributed by atoms with Crippen LogP contribution in [0.2, 0.25) is 0 Å². The Morgan fingerprint density at radius 1 is 1.20 bits per heavy atom. The van der Waals surface area contributed by atoms with Crippen molar-refractivity contribution >= 4 is 53.1 Å². The summed E-state index contributed by atoms with van der Waals surface area (Å²) in [6.07, 6.45) is 5.35. The number of aryl methyl sites for hydroxylation is 4. The molecule has 0 saturated carbocycles. The van der Waals surface area contributed by atoms with Crippen molar-refractivity contribution in [3.05, 3.63) is 27.6 Å². The quantitative estimate of drug-likeness (QED) is 0.530. The van der Waals surface area contributed by atoms with Gasteiger partial charge in [0, 0.05) is 34.4 Å². The number of nitrogens with zero attached hydrogens (tertiary/aromatic N) is 1. The highest BCUT2D eigenvalue weighted by Crippen LogP contribution is 2.39. The standard InChI is InChI=1S/C18H21NO3S3/c1-11(25(20,21)22)7-8-19-12(2)23-18-10-17-14(9-15(18)19)13-5-3-4-6-16(13)24-17/h9-11H,3-8H2,1-2H3/p+1. The summed E-state index contributed by atoms with van der Waals surface area (Å²) < 4.78 is 36.6. The van der Waals surface area contributed by atoms with Gasteiger partial charge in [0.15, 0.2) is 6.54 Å². The topological polar surface area (TPSA) is 58.2 Å². The van der Waals surface area contributed by atoms with Gasteiger partial charge >= 0.3 is 0 Å². The molecule has 4 nitrogen and oxygen atoms in total. The minimum Gasteiger partial charge on any atom is -0.285 e. The summed E-state index contributed by atoms with van der Waals surface area (Å²) in [5, 5.41) is 1.80. The predicted octanol–water partition coefficient (Wildman–Crippen LogP) is 4.26. The third-order valence-corrected chi connectivity index (χ3v) is 8.80. The Labute approximate surface area is 155 Å². The second kappa shape index (κ2) is 6.30. The largest absolute Gasteiger partial charge is 0.285 e. The van der Waals surface area contributed by atoms with Crippen LogP contribution >= 0.6 is 22.7 Å². The van der Waals surface area contributed by atoms with Gasteiger partial charge in [-0.25, -0.2) is 0 Å². The third-order valence-electron chi connectivity index (χ3n) is 5.23. The Morgan fingerprint density at radius 2 is 1.96 bits per heavy atom. The third kappa shape index (κ3) is 3.12. The Hall–Kier alpha value is -1.02. The monoisotopic (exact) mass is 396 g/mol. The molecule has 134 valence electrons. The van der Waals surface area contributed by atoms with Crippen molar-refractivity contribution in [3.63, 3.8) is 0 Å². The van der Waals surface area contributed by atoms with E-state index in [1.54, 1.807) is 23.1 Å². The predicted molar refractivity (Wildman–Crippen MR) is 104 cm³/mol. The maximum atomic E-state index is 11.3. The van der Waals surface area contributed by atoms with E-state index >= 15 is 0 Å². The smallest absolute Gasteiger partial charge is 0.267 e. The summed E-state index contributed by atoms with van der Waals surface area (Å²) in [7, 11) is -3.97. The van der Waals surface area contributed by atoms with Crippen molar-refractivity contribution < 1.29 is 17.5 Å². The van der Waals surface area contributed by atoms with Crippen LogP contribution in [0.25, 0.3) is 20.3 Å². The minimum absolute atomic E-state index is 0.413. The van der Waals surface area contributed by atoms with E-state index in [0.29, 0.717) is 13.0 Å². The molecular formula is C18H22NO3S3+. The fourth-order valence-corrected chi connectivity index (χ4v) is 6.55. The fourth-order valence-electron chi connectivity index (χ4n) is 3.69. The van der Waals surface area contributed by atoms with Gasteiger partial charge in [0.25, 0.3) is 10.1 Å². The zero-order valence-corrected chi connectivity index (χ0v) is 16.9. The van der Waals surface area contributed by atoms with Crippen LogP contribution in [0, 0.1) is 6.92 Å². The van der Waals surface area contributed by atoms with Crippen LogP contribution in [-0.2, 0) is 29.5 Å². The van der Waals surface area contributed by atoms with E-state index in [-0.39, 0.29) is 0 Å². The molecule has 1 aliphatic rings. The van der Waals surface area contributed by atoms with Crippen LogP contribution in [0.3, 0.4) is 0 Å². The van der Waals surface area contributed by atoms with Crippen molar-refractivity contribution in [2.45, 2.75) is 57.7 Å². The first-order valence-corrected chi connectivity index (χ1v) is 11.8. The van der Waals surface area contributed by atoms with Crippen molar-refractivity contribution in [1.29, 1.82) is 0 Å². The summed E-state index contributed by atoms with van der Waals surface area (Å²) in [6, 6.07) is 4.60. The number of thiazole rings is 1. The average molecular weight is 397 g/mol. The molecule has 0 fully saturated rings. The Kier molecular flexibility index (Phi) is 4.38. The lowest BCUT2D eigenvalue weighted by atomic mass is 9.96. The van der Waals surface area contributed by atoms with Gasteiger partial charge in [-0.3, -0.25) is 4.55 Å². The number of aromatic nitrogens is 1. The van der Waals surface area contributed by atoms with Crippen molar-refractivity contribution in [1.82, 2.24) is 0 Å². The Morgan fingerprint density at radius 3 is 2.72 bits per heavy atom.